The predicted molar refractivity (Wildman–Crippen MR) is 79.7 cm³/mol. The number of nitrogens with zero attached hydrogens (tertiary/aromatic N) is 1. The van der Waals surface area contributed by atoms with E-state index in [1.807, 2.05) is 24.3 Å². The van der Waals surface area contributed by atoms with E-state index < -0.39 is 5.97 Å². The molecule has 1 aliphatic rings. The normalized spacial score (nSPS) is 16.5. The number of carboxylic acids is 1. The number of nitrogens with one attached hydrogen (secondary N) is 1. The number of rotatable bonds is 6. The number of benzene rings is 1. The second kappa shape index (κ2) is 7.41. The van der Waals surface area contributed by atoms with Gasteiger partial charge in [0.2, 0.25) is 0 Å². The molecule has 2 rings (SSSR count). The number of aliphatic carboxylic acids is 1. The van der Waals surface area contributed by atoms with Crippen LogP contribution in [0.25, 0.3) is 0 Å². The van der Waals surface area contributed by atoms with Crippen molar-refractivity contribution in [2.45, 2.75) is 25.8 Å². The lowest BCUT2D eigenvalue weighted by Crippen LogP contribution is -2.34. The molecule has 0 spiro atoms. The van der Waals surface area contributed by atoms with Crippen LogP contribution in [0.3, 0.4) is 0 Å². The van der Waals surface area contributed by atoms with Crippen molar-refractivity contribution in [1.82, 2.24) is 10.2 Å². The van der Waals surface area contributed by atoms with Gasteiger partial charge in [0, 0.05) is 13.1 Å². The Morgan fingerprint density at radius 1 is 1.30 bits per heavy atom. The highest BCUT2D eigenvalue weighted by atomic mass is 16.4. The quantitative estimate of drug-likeness (QED) is 0.831. The molecule has 1 saturated heterocycles. The van der Waals surface area contributed by atoms with Crippen molar-refractivity contribution in [3.63, 3.8) is 0 Å². The predicted octanol–water partition coefficient (Wildman–Crippen LogP) is 1.75. The second-order valence-electron chi connectivity index (χ2n) is 5.73. The van der Waals surface area contributed by atoms with E-state index in [4.69, 9.17) is 5.11 Å². The summed E-state index contributed by atoms with van der Waals surface area (Å²) < 4.78 is 0. The zero-order valence-electron chi connectivity index (χ0n) is 12.1. The summed E-state index contributed by atoms with van der Waals surface area (Å²) in [5, 5.41) is 12.4. The average molecular weight is 276 g/mol. The van der Waals surface area contributed by atoms with Gasteiger partial charge in [0.05, 0.1) is 6.42 Å². The van der Waals surface area contributed by atoms with E-state index in [0.29, 0.717) is 0 Å². The Morgan fingerprint density at radius 2 is 1.95 bits per heavy atom. The fourth-order valence-corrected chi connectivity index (χ4v) is 2.91. The second-order valence-corrected chi connectivity index (χ2v) is 5.73. The summed E-state index contributed by atoms with van der Waals surface area (Å²) in [7, 11) is 2.12. The molecule has 1 fully saturated rings. The summed E-state index contributed by atoms with van der Waals surface area (Å²) in [5.41, 5.74) is 2.06. The van der Waals surface area contributed by atoms with Crippen molar-refractivity contribution < 1.29 is 9.90 Å². The molecule has 4 heteroatoms. The maximum absolute atomic E-state index is 10.9. The Morgan fingerprint density at radius 3 is 2.60 bits per heavy atom. The van der Waals surface area contributed by atoms with Crippen LogP contribution in [0.1, 0.15) is 24.0 Å². The van der Waals surface area contributed by atoms with Gasteiger partial charge in [-0.15, -0.1) is 0 Å². The SMILES string of the molecule is CN(Cc1ccccc1CC(=O)O)CC1CCNCC1. The minimum atomic E-state index is -0.765. The van der Waals surface area contributed by atoms with Gasteiger partial charge in [-0.3, -0.25) is 4.79 Å². The number of hydrogen-bond acceptors (Lipinski definition) is 3. The van der Waals surface area contributed by atoms with Crippen LogP contribution in [0.2, 0.25) is 0 Å². The minimum Gasteiger partial charge on any atom is -0.481 e. The molecular formula is C16H24N2O2. The maximum Gasteiger partial charge on any atom is 0.307 e. The van der Waals surface area contributed by atoms with Gasteiger partial charge in [-0.25, -0.2) is 0 Å². The zero-order chi connectivity index (χ0) is 14.4. The Hall–Kier alpha value is -1.39. The third-order valence-corrected chi connectivity index (χ3v) is 3.93. The summed E-state index contributed by atoms with van der Waals surface area (Å²) in [5.74, 6) is -0.00801. The molecule has 1 aliphatic heterocycles. The molecule has 0 amide bonds. The minimum absolute atomic E-state index is 0.108. The van der Waals surface area contributed by atoms with Gasteiger partial charge in [-0.05, 0) is 50.0 Å². The lowest BCUT2D eigenvalue weighted by Gasteiger charge is -2.28. The highest BCUT2D eigenvalue weighted by Crippen LogP contribution is 2.16. The van der Waals surface area contributed by atoms with Gasteiger partial charge < -0.3 is 15.3 Å². The third kappa shape index (κ3) is 4.62. The van der Waals surface area contributed by atoms with E-state index in [-0.39, 0.29) is 6.42 Å². The van der Waals surface area contributed by atoms with Crippen LogP contribution in [0, 0.1) is 5.92 Å². The highest BCUT2D eigenvalue weighted by Gasteiger charge is 2.16. The first-order chi connectivity index (χ1) is 9.65. The standard InChI is InChI=1S/C16H24N2O2/c1-18(11-13-6-8-17-9-7-13)12-15-5-3-2-4-14(15)10-16(19)20/h2-5,13,17H,6-12H2,1H3,(H,19,20). The molecule has 0 bridgehead atoms. The number of carbonyl (C=O) groups is 1. The van der Waals surface area contributed by atoms with Crippen molar-refractivity contribution in [2.24, 2.45) is 5.92 Å². The molecule has 0 saturated carbocycles. The first kappa shape index (κ1) is 15.0. The van der Waals surface area contributed by atoms with E-state index in [1.165, 1.54) is 12.8 Å². The van der Waals surface area contributed by atoms with Crippen molar-refractivity contribution >= 4 is 5.97 Å². The van der Waals surface area contributed by atoms with Crippen LogP contribution in [0.5, 0.6) is 0 Å². The average Bonchev–Trinajstić information content (AvgIpc) is 2.41. The summed E-state index contributed by atoms with van der Waals surface area (Å²) in [6.45, 7) is 4.15. The van der Waals surface area contributed by atoms with Gasteiger partial charge in [-0.1, -0.05) is 24.3 Å². The smallest absolute Gasteiger partial charge is 0.307 e. The molecule has 0 aliphatic carbocycles. The van der Waals surface area contributed by atoms with Crippen LogP contribution >= 0.6 is 0 Å². The molecule has 20 heavy (non-hydrogen) atoms. The summed E-state index contributed by atoms with van der Waals surface area (Å²) >= 11 is 0. The van der Waals surface area contributed by atoms with Crippen LogP contribution in [0.4, 0.5) is 0 Å². The van der Waals surface area contributed by atoms with Crippen LogP contribution in [0.15, 0.2) is 24.3 Å². The largest absolute Gasteiger partial charge is 0.481 e. The van der Waals surface area contributed by atoms with E-state index >= 15 is 0 Å². The molecule has 0 radical (unpaired) electrons. The van der Waals surface area contributed by atoms with E-state index in [0.717, 1.165) is 43.2 Å². The Bertz CT molecular complexity index is 442. The Balaban J connectivity index is 1.92. The monoisotopic (exact) mass is 276 g/mol. The highest BCUT2D eigenvalue weighted by molar-refractivity contribution is 5.70. The lowest BCUT2D eigenvalue weighted by atomic mass is 9.97. The van der Waals surface area contributed by atoms with Gasteiger partial charge in [0.1, 0.15) is 0 Å². The van der Waals surface area contributed by atoms with Gasteiger partial charge >= 0.3 is 5.97 Å². The fraction of sp³-hybridized carbons (Fsp3) is 0.562. The van der Waals surface area contributed by atoms with Gasteiger partial charge in [0.15, 0.2) is 0 Å². The molecule has 0 aromatic heterocycles. The van der Waals surface area contributed by atoms with Crippen LogP contribution in [-0.4, -0.2) is 42.7 Å². The number of hydrogen-bond donors (Lipinski definition) is 2. The Kier molecular flexibility index (Phi) is 5.56. The maximum atomic E-state index is 10.9. The molecule has 110 valence electrons. The molecule has 1 heterocycles. The number of piperidine rings is 1. The summed E-state index contributed by atoms with van der Waals surface area (Å²) in [6.07, 6.45) is 2.58. The molecule has 1 aromatic rings. The van der Waals surface area contributed by atoms with Crippen LogP contribution < -0.4 is 5.32 Å². The summed E-state index contributed by atoms with van der Waals surface area (Å²) in [4.78, 5) is 13.2. The Labute approximate surface area is 120 Å². The van der Waals surface area contributed by atoms with Crippen molar-refractivity contribution in [3.8, 4) is 0 Å². The first-order valence-corrected chi connectivity index (χ1v) is 7.33. The fourth-order valence-electron chi connectivity index (χ4n) is 2.91. The van der Waals surface area contributed by atoms with E-state index in [9.17, 15) is 4.79 Å². The molecule has 4 nitrogen and oxygen atoms in total. The molecule has 2 N–H and O–H groups in total. The molecule has 0 unspecified atom stereocenters. The lowest BCUT2D eigenvalue weighted by molar-refractivity contribution is -0.136. The number of carboxylic acid groups (broad SMARTS) is 1. The third-order valence-electron chi connectivity index (χ3n) is 3.93. The van der Waals surface area contributed by atoms with Crippen molar-refractivity contribution in [2.75, 3.05) is 26.7 Å². The van der Waals surface area contributed by atoms with Crippen LogP contribution in [-0.2, 0) is 17.8 Å². The molecular weight excluding hydrogens is 252 g/mol. The van der Waals surface area contributed by atoms with Gasteiger partial charge in [-0.2, -0.15) is 0 Å². The first-order valence-electron chi connectivity index (χ1n) is 7.33. The molecule has 0 atom stereocenters. The molecule has 1 aromatic carbocycles. The summed E-state index contributed by atoms with van der Waals surface area (Å²) in [6, 6.07) is 7.85. The van der Waals surface area contributed by atoms with Crippen molar-refractivity contribution in [1.29, 1.82) is 0 Å². The van der Waals surface area contributed by atoms with Gasteiger partial charge in [0.25, 0.3) is 0 Å². The van der Waals surface area contributed by atoms with Crippen molar-refractivity contribution in [3.05, 3.63) is 35.4 Å². The van der Waals surface area contributed by atoms with E-state index in [1.54, 1.807) is 0 Å². The topological polar surface area (TPSA) is 52.6 Å². The van der Waals surface area contributed by atoms with E-state index in [2.05, 4.69) is 17.3 Å². The zero-order valence-corrected chi connectivity index (χ0v) is 12.1.